The highest BCUT2D eigenvalue weighted by Crippen LogP contribution is 2.22. The summed E-state index contributed by atoms with van der Waals surface area (Å²) in [6.45, 7) is 7.29. The number of hydrogen-bond acceptors (Lipinski definition) is 2. The third-order valence-corrected chi connectivity index (χ3v) is 2.21. The Balaban J connectivity index is 2.09. The Kier molecular flexibility index (Phi) is 2.55. The lowest BCUT2D eigenvalue weighted by molar-refractivity contribution is 0.262. The Morgan fingerprint density at radius 1 is 1.64 bits per heavy atom. The van der Waals surface area contributed by atoms with Crippen LogP contribution in [0.5, 0.6) is 5.75 Å². The number of ether oxygens (including phenoxy) is 2. The van der Waals surface area contributed by atoms with E-state index in [1.807, 2.05) is 18.2 Å². The van der Waals surface area contributed by atoms with Gasteiger partial charge in [0.05, 0.1) is 6.61 Å². The molecule has 1 aromatic rings. The highest BCUT2D eigenvalue weighted by Gasteiger charge is 2.23. The lowest BCUT2D eigenvalue weighted by Crippen LogP contribution is -2.04. The Labute approximate surface area is 84.2 Å². The summed E-state index contributed by atoms with van der Waals surface area (Å²) in [5, 5.41) is 0. The van der Waals surface area contributed by atoms with Crippen LogP contribution in [0.3, 0.4) is 0 Å². The minimum absolute atomic E-state index is 0.300. The van der Waals surface area contributed by atoms with E-state index in [4.69, 9.17) is 9.47 Å². The van der Waals surface area contributed by atoms with E-state index < -0.39 is 0 Å². The SMILES string of the molecule is C=Cc1cc(C)ccc1OCC1CO1. The molecule has 2 rings (SSSR count). The van der Waals surface area contributed by atoms with Gasteiger partial charge in [0.2, 0.25) is 0 Å². The van der Waals surface area contributed by atoms with Crippen molar-refractivity contribution in [3.05, 3.63) is 35.9 Å². The molecule has 1 aliphatic heterocycles. The first-order valence-corrected chi connectivity index (χ1v) is 4.77. The van der Waals surface area contributed by atoms with Crippen LogP contribution in [-0.2, 0) is 4.74 Å². The molecule has 1 heterocycles. The van der Waals surface area contributed by atoms with E-state index in [0.29, 0.717) is 12.7 Å². The lowest BCUT2D eigenvalue weighted by Gasteiger charge is -2.08. The number of benzene rings is 1. The van der Waals surface area contributed by atoms with Crippen LogP contribution in [-0.4, -0.2) is 19.3 Å². The fraction of sp³-hybridized carbons (Fsp3) is 0.333. The molecule has 0 aliphatic carbocycles. The third kappa shape index (κ3) is 2.15. The van der Waals surface area contributed by atoms with Crippen LogP contribution in [0.4, 0.5) is 0 Å². The monoisotopic (exact) mass is 190 g/mol. The summed E-state index contributed by atoms with van der Waals surface area (Å²) in [6.07, 6.45) is 2.12. The second-order valence-corrected chi connectivity index (χ2v) is 3.51. The molecule has 74 valence electrons. The number of rotatable bonds is 4. The minimum Gasteiger partial charge on any atom is -0.490 e. The van der Waals surface area contributed by atoms with Crippen LogP contribution in [0.15, 0.2) is 24.8 Å². The van der Waals surface area contributed by atoms with Gasteiger partial charge in [-0.05, 0) is 19.1 Å². The van der Waals surface area contributed by atoms with E-state index in [2.05, 4.69) is 19.6 Å². The van der Waals surface area contributed by atoms with Gasteiger partial charge in [-0.15, -0.1) is 0 Å². The quantitative estimate of drug-likeness (QED) is 0.680. The molecule has 1 atom stereocenters. The van der Waals surface area contributed by atoms with Gasteiger partial charge in [-0.3, -0.25) is 0 Å². The number of aryl methyl sites for hydroxylation is 1. The molecule has 0 aromatic heterocycles. The minimum atomic E-state index is 0.300. The average molecular weight is 190 g/mol. The molecule has 1 unspecified atom stereocenters. The smallest absolute Gasteiger partial charge is 0.126 e. The van der Waals surface area contributed by atoms with Crippen LogP contribution in [0.2, 0.25) is 0 Å². The van der Waals surface area contributed by atoms with Crippen LogP contribution in [0, 0.1) is 6.92 Å². The molecule has 0 N–H and O–H groups in total. The maximum Gasteiger partial charge on any atom is 0.126 e. The van der Waals surface area contributed by atoms with E-state index >= 15 is 0 Å². The molecule has 1 aliphatic rings. The van der Waals surface area contributed by atoms with E-state index in [9.17, 15) is 0 Å². The van der Waals surface area contributed by atoms with Crippen LogP contribution in [0.25, 0.3) is 6.08 Å². The Hall–Kier alpha value is -1.28. The first kappa shape index (κ1) is 9.28. The van der Waals surface area contributed by atoms with E-state index in [1.165, 1.54) is 5.56 Å². The molecule has 1 saturated heterocycles. The molecule has 0 bridgehead atoms. The van der Waals surface area contributed by atoms with Crippen molar-refractivity contribution in [2.45, 2.75) is 13.0 Å². The average Bonchev–Trinajstić information content (AvgIpc) is 2.99. The van der Waals surface area contributed by atoms with Gasteiger partial charge in [-0.25, -0.2) is 0 Å². The maximum absolute atomic E-state index is 5.61. The van der Waals surface area contributed by atoms with Gasteiger partial charge in [-0.1, -0.05) is 24.3 Å². The summed E-state index contributed by atoms with van der Waals surface area (Å²) in [5.74, 6) is 0.890. The second kappa shape index (κ2) is 3.84. The van der Waals surface area contributed by atoms with E-state index in [-0.39, 0.29) is 0 Å². The fourth-order valence-corrected chi connectivity index (χ4v) is 1.31. The summed E-state index contributed by atoms with van der Waals surface area (Å²) in [7, 11) is 0. The Morgan fingerprint density at radius 3 is 3.07 bits per heavy atom. The fourth-order valence-electron chi connectivity index (χ4n) is 1.31. The van der Waals surface area contributed by atoms with Crippen LogP contribution in [0.1, 0.15) is 11.1 Å². The first-order valence-electron chi connectivity index (χ1n) is 4.77. The molecule has 1 aromatic carbocycles. The molecular formula is C12H14O2. The van der Waals surface area contributed by atoms with Crippen molar-refractivity contribution >= 4 is 6.08 Å². The van der Waals surface area contributed by atoms with Gasteiger partial charge in [-0.2, -0.15) is 0 Å². The number of epoxide rings is 1. The van der Waals surface area contributed by atoms with Gasteiger partial charge >= 0.3 is 0 Å². The largest absolute Gasteiger partial charge is 0.490 e. The lowest BCUT2D eigenvalue weighted by atomic mass is 10.1. The topological polar surface area (TPSA) is 21.8 Å². The third-order valence-electron chi connectivity index (χ3n) is 2.21. The summed E-state index contributed by atoms with van der Waals surface area (Å²) in [5.41, 5.74) is 2.26. The Morgan fingerprint density at radius 2 is 2.43 bits per heavy atom. The summed E-state index contributed by atoms with van der Waals surface area (Å²) in [6, 6.07) is 6.08. The molecular weight excluding hydrogens is 176 g/mol. The zero-order valence-electron chi connectivity index (χ0n) is 8.32. The van der Waals surface area contributed by atoms with Crippen molar-refractivity contribution in [3.8, 4) is 5.75 Å². The molecule has 0 saturated carbocycles. The molecule has 14 heavy (non-hydrogen) atoms. The van der Waals surface area contributed by atoms with Crippen molar-refractivity contribution in [2.75, 3.05) is 13.2 Å². The molecule has 0 radical (unpaired) electrons. The van der Waals surface area contributed by atoms with Gasteiger partial charge < -0.3 is 9.47 Å². The van der Waals surface area contributed by atoms with Crippen LogP contribution < -0.4 is 4.74 Å². The van der Waals surface area contributed by atoms with Gasteiger partial charge in [0.25, 0.3) is 0 Å². The zero-order valence-corrected chi connectivity index (χ0v) is 8.32. The second-order valence-electron chi connectivity index (χ2n) is 3.51. The highest BCUT2D eigenvalue weighted by atomic mass is 16.6. The summed E-state index contributed by atoms with van der Waals surface area (Å²) >= 11 is 0. The van der Waals surface area contributed by atoms with Crippen molar-refractivity contribution in [3.63, 3.8) is 0 Å². The normalized spacial score (nSPS) is 19.1. The van der Waals surface area contributed by atoms with Crippen LogP contribution >= 0.6 is 0 Å². The van der Waals surface area contributed by atoms with Gasteiger partial charge in [0, 0.05) is 5.56 Å². The maximum atomic E-state index is 5.61. The molecule has 0 spiro atoms. The summed E-state index contributed by atoms with van der Waals surface area (Å²) < 4.78 is 10.7. The zero-order chi connectivity index (χ0) is 9.97. The first-order chi connectivity index (χ1) is 6.79. The summed E-state index contributed by atoms with van der Waals surface area (Å²) in [4.78, 5) is 0. The van der Waals surface area contributed by atoms with Crippen molar-refractivity contribution in [1.29, 1.82) is 0 Å². The van der Waals surface area contributed by atoms with Gasteiger partial charge in [0.1, 0.15) is 18.5 Å². The number of hydrogen-bond donors (Lipinski definition) is 0. The molecule has 1 fully saturated rings. The highest BCUT2D eigenvalue weighted by molar-refractivity contribution is 5.56. The standard InChI is InChI=1S/C12H14O2/c1-3-10-6-9(2)4-5-12(10)14-8-11-7-13-11/h3-6,11H,1,7-8H2,2H3. The predicted octanol–water partition coefficient (Wildman–Crippen LogP) is 2.42. The molecule has 2 heteroatoms. The predicted molar refractivity (Wildman–Crippen MR) is 56.5 cm³/mol. The van der Waals surface area contributed by atoms with Gasteiger partial charge in [0.15, 0.2) is 0 Å². The molecule has 2 nitrogen and oxygen atoms in total. The van der Waals surface area contributed by atoms with Crippen molar-refractivity contribution in [2.24, 2.45) is 0 Å². The Bertz CT molecular complexity index is 340. The van der Waals surface area contributed by atoms with E-state index in [0.717, 1.165) is 17.9 Å². The van der Waals surface area contributed by atoms with Crippen molar-refractivity contribution in [1.82, 2.24) is 0 Å². The molecule has 0 amide bonds. The van der Waals surface area contributed by atoms with Crippen molar-refractivity contribution < 1.29 is 9.47 Å². The van der Waals surface area contributed by atoms with E-state index in [1.54, 1.807) is 0 Å².